The number of benzene rings is 1. The molecule has 1 aromatic carbocycles. The second kappa shape index (κ2) is 4.22. The van der Waals surface area contributed by atoms with Crippen LogP contribution in [-0.2, 0) is 11.3 Å². The average Bonchev–Trinajstić information content (AvgIpc) is 2.67. The maximum Gasteiger partial charge on any atom is 0.339 e. The Labute approximate surface area is 112 Å². The average molecular weight is 314 g/mol. The standard InChI is InChI=1S/C12H12BrNO4/c13-9-2-1-7-8(3-17-11(7)15)10(9)18-6-12(16)4-14-5-12/h1-2,14,16H,3-6H2. The Morgan fingerprint density at radius 1 is 1.50 bits per heavy atom. The number of ether oxygens (including phenoxy) is 2. The summed E-state index contributed by atoms with van der Waals surface area (Å²) < 4.78 is 11.4. The van der Waals surface area contributed by atoms with Crippen LogP contribution in [-0.4, -0.2) is 36.4 Å². The molecular weight excluding hydrogens is 302 g/mol. The van der Waals surface area contributed by atoms with Crippen molar-refractivity contribution in [2.75, 3.05) is 19.7 Å². The number of hydrogen-bond acceptors (Lipinski definition) is 5. The van der Waals surface area contributed by atoms with Gasteiger partial charge in [-0.1, -0.05) is 0 Å². The van der Waals surface area contributed by atoms with Crippen LogP contribution >= 0.6 is 15.9 Å². The van der Waals surface area contributed by atoms with Crippen molar-refractivity contribution < 1.29 is 19.4 Å². The summed E-state index contributed by atoms with van der Waals surface area (Å²) in [6.07, 6.45) is 0. The Morgan fingerprint density at radius 3 is 2.94 bits per heavy atom. The molecule has 96 valence electrons. The summed E-state index contributed by atoms with van der Waals surface area (Å²) in [6, 6.07) is 3.46. The van der Waals surface area contributed by atoms with Gasteiger partial charge in [0.25, 0.3) is 0 Å². The van der Waals surface area contributed by atoms with Crippen LogP contribution in [0.4, 0.5) is 0 Å². The number of carbonyl (C=O) groups excluding carboxylic acids is 1. The van der Waals surface area contributed by atoms with Crippen molar-refractivity contribution in [3.8, 4) is 5.75 Å². The van der Waals surface area contributed by atoms with E-state index < -0.39 is 5.60 Å². The first-order valence-electron chi connectivity index (χ1n) is 5.63. The van der Waals surface area contributed by atoms with Gasteiger partial charge in [-0.15, -0.1) is 0 Å². The van der Waals surface area contributed by atoms with Gasteiger partial charge < -0.3 is 19.9 Å². The topological polar surface area (TPSA) is 67.8 Å². The number of β-amino-alcohol motifs (C(OH)–C–C–N with tert-alkyl or cyclic N) is 1. The molecule has 0 saturated carbocycles. The highest BCUT2D eigenvalue weighted by Gasteiger charge is 2.36. The molecule has 1 aromatic rings. The van der Waals surface area contributed by atoms with Gasteiger partial charge in [0, 0.05) is 18.7 Å². The fraction of sp³-hybridized carbons (Fsp3) is 0.417. The minimum atomic E-state index is -0.814. The van der Waals surface area contributed by atoms with E-state index in [2.05, 4.69) is 21.2 Å². The number of nitrogens with one attached hydrogen (secondary N) is 1. The van der Waals surface area contributed by atoms with Gasteiger partial charge in [-0.25, -0.2) is 4.79 Å². The molecule has 18 heavy (non-hydrogen) atoms. The number of hydrogen-bond donors (Lipinski definition) is 2. The van der Waals surface area contributed by atoms with Crippen LogP contribution in [0.2, 0.25) is 0 Å². The molecule has 0 amide bonds. The van der Waals surface area contributed by atoms with Crippen molar-refractivity contribution in [3.05, 3.63) is 27.7 Å². The van der Waals surface area contributed by atoms with Gasteiger partial charge in [0.05, 0.1) is 10.0 Å². The molecular formula is C12H12BrNO4. The van der Waals surface area contributed by atoms with Crippen LogP contribution in [0.25, 0.3) is 0 Å². The van der Waals surface area contributed by atoms with Crippen LogP contribution in [0, 0.1) is 0 Å². The zero-order valence-electron chi connectivity index (χ0n) is 9.53. The first-order chi connectivity index (χ1) is 8.59. The molecule has 1 fully saturated rings. The van der Waals surface area contributed by atoms with Gasteiger partial charge in [-0.3, -0.25) is 0 Å². The van der Waals surface area contributed by atoms with Gasteiger partial charge in [0.15, 0.2) is 0 Å². The second-order valence-corrected chi connectivity index (χ2v) is 5.45. The SMILES string of the molecule is O=C1OCc2c1ccc(Br)c2OCC1(O)CNC1. The molecule has 5 nitrogen and oxygen atoms in total. The highest BCUT2D eigenvalue weighted by Crippen LogP contribution is 2.36. The highest BCUT2D eigenvalue weighted by atomic mass is 79.9. The van der Waals surface area contributed by atoms with E-state index in [-0.39, 0.29) is 19.2 Å². The molecule has 2 aliphatic heterocycles. The smallest absolute Gasteiger partial charge is 0.339 e. The number of rotatable bonds is 3. The van der Waals surface area contributed by atoms with Gasteiger partial charge in [0.1, 0.15) is 24.6 Å². The van der Waals surface area contributed by atoms with Crippen LogP contribution in [0.15, 0.2) is 16.6 Å². The van der Waals surface area contributed by atoms with Crippen molar-refractivity contribution in [2.45, 2.75) is 12.2 Å². The van der Waals surface area contributed by atoms with E-state index in [1.165, 1.54) is 0 Å². The van der Waals surface area contributed by atoms with E-state index in [1.54, 1.807) is 12.1 Å². The van der Waals surface area contributed by atoms with Crippen molar-refractivity contribution >= 4 is 21.9 Å². The first kappa shape index (κ1) is 12.0. The normalized spacial score (nSPS) is 20.0. The van der Waals surface area contributed by atoms with Crippen LogP contribution in [0.1, 0.15) is 15.9 Å². The molecule has 0 aromatic heterocycles. The molecule has 0 aliphatic carbocycles. The zero-order valence-corrected chi connectivity index (χ0v) is 11.1. The van der Waals surface area contributed by atoms with Crippen molar-refractivity contribution in [3.63, 3.8) is 0 Å². The van der Waals surface area contributed by atoms with Gasteiger partial charge in [-0.05, 0) is 28.1 Å². The summed E-state index contributed by atoms with van der Waals surface area (Å²) in [5, 5.41) is 13.0. The molecule has 0 bridgehead atoms. The van der Waals surface area contributed by atoms with E-state index in [0.717, 1.165) is 10.0 Å². The maximum atomic E-state index is 11.4. The fourth-order valence-corrected chi connectivity index (χ4v) is 2.51. The van der Waals surface area contributed by atoms with Crippen molar-refractivity contribution in [1.29, 1.82) is 0 Å². The summed E-state index contributed by atoms with van der Waals surface area (Å²) in [5.74, 6) is 0.255. The van der Waals surface area contributed by atoms with E-state index in [4.69, 9.17) is 9.47 Å². The molecule has 1 saturated heterocycles. The lowest BCUT2D eigenvalue weighted by atomic mass is 9.99. The quantitative estimate of drug-likeness (QED) is 0.809. The molecule has 2 N–H and O–H groups in total. The lowest BCUT2D eigenvalue weighted by Gasteiger charge is -2.37. The minimum Gasteiger partial charge on any atom is -0.489 e. The number of esters is 1. The highest BCUT2D eigenvalue weighted by molar-refractivity contribution is 9.10. The van der Waals surface area contributed by atoms with Crippen molar-refractivity contribution in [1.82, 2.24) is 5.32 Å². The predicted octanol–water partition coefficient (Wildman–Crippen LogP) is 0.833. The van der Waals surface area contributed by atoms with E-state index in [1.807, 2.05) is 0 Å². The zero-order chi connectivity index (χ0) is 12.8. The fourth-order valence-electron chi connectivity index (χ4n) is 2.03. The largest absolute Gasteiger partial charge is 0.489 e. The lowest BCUT2D eigenvalue weighted by molar-refractivity contribution is -0.0461. The van der Waals surface area contributed by atoms with Crippen LogP contribution in [0.3, 0.4) is 0 Å². The van der Waals surface area contributed by atoms with E-state index >= 15 is 0 Å². The summed E-state index contributed by atoms with van der Waals surface area (Å²) in [5.41, 5.74) is 0.461. The predicted molar refractivity (Wildman–Crippen MR) is 66.6 cm³/mol. The Balaban J connectivity index is 1.85. The Bertz CT molecular complexity index is 513. The third-order valence-corrected chi connectivity index (χ3v) is 3.80. The second-order valence-electron chi connectivity index (χ2n) is 4.60. The Kier molecular flexibility index (Phi) is 2.80. The molecule has 0 unspecified atom stereocenters. The summed E-state index contributed by atoms with van der Waals surface area (Å²) in [4.78, 5) is 11.4. The first-order valence-corrected chi connectivity index (χ1v) is 6.43. The Hall–Kier alpha value is -1.11. The van der Waals surface area contributed by atoms with Gasteiger partial charge >= 0.3 is 5.97 Å². The summed E-state index contributed by atoms with van der Waals surface area (Å²) in [6.45, 7) is 1.47. The van der Waals surface area contributed by atoms with E-state index in [0.29, 0.717) is 24.4 Å². The third kappa shape index (κ3) is 1.90. The number of aliphatic hydroxyl groups is 1. The molecule has 2 heterocycles. The molecule has 0 radical (unpaired) electrons. The number of carbonyl (C=O) groups is 1. The molecule has 0 atom stereocenters. The van der Waals surface area contributed by atoms with E-state index in [9.17, 15) is 9.90 Å². The summed E-state index contributed by atoms with van der Waals surface area (Å²) in [7, 11) is 0. The maximum absolute atomic E-state index is 11.4. The van der Waals surface area contributed by atoms with Crippen LogP contribution in [0.5, 0.6) is 5.75 Å². The molecule has 6 heteroatoms. The van der Waals surface area contributed by atoms with Gasteiger partial charge in [0.2, 0.25) is 0 Å². The van der Waals surface area contributed by atoms with Crippen LogP contribution < -0.4 is 10.1 Å². The van der Waals surface area contributed by atoms with Crippen molar-refractivity contribution in [2.24, 2.45) is 0 Å². The minimum absolute atomic E-state index is 0.198. The number of fused-ring (bicyclic) bond motifs is 1. The molecule has 0 spiro atoms. The summed E-state index contributed by atoms with van der Waals surface area (Å²) >= 11 is 3.39. The number of cyclic esters (lactones) is 1. The third-order valence-electron chi connectivity index (χ3n) is 3.17. The lowest BCUT2D eigenvalue weighted by Crippen LogP contribution is -2.62. The monoisotopic (exact) mass is 313 g/mol. The number of halogens is 1. The van der Waals surface area contributed by atoms with Gasteiger partial charge in [-0.2, -0.15) is 0 Å². The Morgan fingerprint density at radius 2 is 2.28 bits per heavy atom. The molecule has 3 rings (SSSR count). The molecule has 2 aliphatic rings.